The molecule has 2 aliphatic rings. The van der Waals surface area contributed by atoms with E-state index in [0.717, 1.165) is 19.1 Å². The van der Waals surface area contributed by atoms with Crippen molar-refractivity contribution in [2.75, 3.05) is 32.4 Å². The zero-order valence-corrected chi connectivity index (χ0v) is 15.3. The SMILES string of the molecule is CS(=O)(=O)c1cccc(C(=O)N2CCN(C(=O)C(=O)NC3CC3)CC2)c1. The summed E-state index contributed by atoms with van der Waals surface area (Å²) in [5, 5.41) is 2.66. The largest absolute Gasteiger partial charge is 0.345 e. The number of carbonyl (C=O) groups excluding carboxylic acids is 3. The molecule has 1 aromatic rings. The maximum absolute atomic E-state index is 12.6. The van der Waals surface area contributed by atoms with Gasteiger partial charge >= 0.3 is 11.8 Å². The van der Waals surface area contributed by atoms with Crippen LogP contribution >= 0.6 is 0 Å². The van der Waals surface area contributed by atoms with Crippen LogP contribution in [0, 0.1) is 0 Å². The lowest BCUT2D eigenvalue weighted by Crippen LogP contribution is -2.54. The summed E-state index contributed by atoms with van der Waals surface area (Å²) < 4.78 is 23.3. The summed E-state index contributed by atoms with van der Waals surface area (Å²) >= 11 is 0. The Morgan fingerprint density at radius 3 is 2.23 bits per heavy atom. The van der Waals surface area contributed by atoms with E-state index >= 15 is 0 Å². The number of piperazine rings is 1. The van der Waals surface area contributed by atoms with Crippen LogP contribution in [0.2, 0.25) is 0 Å². The van der Waals surface area contributed by atoms with Crippen molar-refractivity contribution in [1.82, 2.24) is 15.1 Å². The van der Waals surface area contributed by atoms with Crippen molar-refractivity contribution in [1.29, 1.82) is 0 Å². The van der Waals surface area contributed by atoms with Crippen LogP contribution in [-0.2, 0) is 19.4 Å². The van der Waals surface area contributed by atoms with Crippen LogP contribution in [0.15, 0.2) is 29.2 Å². The first-order valence-electron chi connectivity index (χ1n) is 8.45. The van der Waals surface area contributed by atoms with Gasteiger partial charge in [-0.2, -0.15) is 0 Å². The van der Waals surface area contributed by atoms with Crippen molar-refractivity contribution in [3.8, 4) is 0 Å². The maximum Gasteiger partial charge on any atom is 0.312 e. The van der Waals surface area contributed by atoms with Gasteiger partial charge in [-0.05, 0) is 31.0 Å². The van der Waals surface area contributed by atoms with Crippen LogP contribution in [0.4, 0.5) is 0 Å². The Kier molecular flexibility index (Phi) is 4.99. The molecule has 8 nitrogen and oxygen atoms in total. The number of sulfone groups is 1. The minimum atomic E-state index is -3.39. The minimum Gasteiger partial charge on any atom is -0.345 e. The molecular weight excluding hydrogens is 358 g/mol. The summed E-state index contributed by atoms with van der Waals surface area (Å²) in [6, 6.07) is 6.03. The summed E-state index contributed by atoms with van der Waals surface area (Å²) in [5.74, 6) is -1.44. The molecule has 1 saturated heterocycles. The number of rotatable bonds is 3. The molecule has 0 spiro atoms. The van der Waals surface area contributed by atoms with Gasteiger partial charge in [0.2, 0.25) is 0 Å². The molecule has 2 fully saturated rings. The average Bonchev–Trinajstić information content (AvgIpc) is 3.44. The normalized spacial score (nSPS) is 17.7. The molecule has 1 saturated carbocycles. The summed E-state index contributed by atoms with van der Waals surface area (Å²) in [5.41, 5.74) is 0.291. The number of hydrogen-bond donors (Lipinski definition) is 1. The van der Waals surface area contributed by atoms with Crippen molar-refractivity contribution >= 4 is 27.6 Å². The molecule has 1 aromatic carbocycles. The quantitative estimate of drug-likeness (QED) is 0.723. The standard InChI is InChI=1S/C17H21N3O5S/c1-26(24,25)14-4-2-3-12(11-14)16(22)19-7-9-20(10-8-19)17(23)15(21)18-13-5-6-13/h2-4,11,13H,5-10H2,1H3,(H,18,21). The highest BCUT2D eigenvalue weighted by atomic mass is 32.2. The van der Waals surface area contributed by atoms with Crippen molar-refractivity contribution < 1.29 is 22.8 Å². The molecule has 140 valence electrons. The Hall–Kier alpha value is -2.42. The maximum atomic E-state index is 12.6. The molecule has 3 rings (SSSR count). The molecule has 3 amide bonds. The molecular formula is C17H21N3O5S. The number of carbonyl (C=O) groups is 3. The first-order chi connectivity index (χ1) is 12.3. The zero-order chi connectivity index (χ0) is 18.9. The van der Waals surface area contributed by atoms with Crippen molar-refractivity contribution in [2.45, 2.75) is 23.8 Å². The molecule has 1 N–H and O–H groups in total. The van der Waals surface area contributed by atoms with Crippen LogP contribution in [0.3, 0.4) is 0 Å². The predicted octanol–water partition coefficient (Wildman–Crippen LogP) is -0.347. The summed E-state index contributed by atoms with van der Waals surface area (Å²) in [6.07, 6.45) is 2.91. The van der Waals surface area contributed by atoms with Crippen LogP contribution < -0.4 is 5.32 Å². The fraction of sp³-hybridized carbons (Fsp3) is 0.471. The van der Waals surface area contributed by atoms with E-state index < -0.39 is 21.7 Å². The molecule has 1 aliphatic carbocycles. The molecule has 0 unspecified atom stereocenters. The second kappa shape index (κ2) is 7.06. The topological polar surface area (TPSA) is 104 Å². The van der Waals surface area contributed by atoms with Gasteiger partial charge in [-0.3, -0.25) is 14.4 Å². The Labute approximate surface area is 152 Å². The van der Waals surface area contributed by atoms with Crippen LogP contribution in [0.1, 0.15) is 23.2 Å². The second-order valence-electron chi connectivity index (χ2n) is 6.63. The van der Waals surface area contributed by atoms with E-state index in [1.54, 1.807) is 11.0 Å². The Morgan fingerprint density at radius 1 is 1.04 bits per heavy atom. The molecule has 9 heteroatoms. The number of benzene rings is 1. The van der Waals surface area contributed by atoms with Gasteiger partial charge in [0.05, 0.1) is 4.90 Å². The lowest BCUT2D eigenvalue weighted by molar-refractivity contribution is -0.146. The van der Waals surface area contributed by atoms with Crippen molar-refractivity contribution in [2.24, 2.45) is 0 Å². The monoisotopic (exact) mass is 379 g/mol. The van der Waals surface area contributed by atoms with Crippen LogP contribution in [-0.4, -0.2) is 74.4 Å². The third-order valence-electron chi connectivity index (χ3n) is 4.47. The van der Waals surface area contributed by atoms with Gasteiger partial charge in [0.25, 0.3) is 5.91 Å². The van der Waals surface area contributed by atoms with Gasteiger partial charge in [-0.1, -0.05) is 6.07 Å². The molecule has 26 heavy (non-hydrogen) atoms. The summed E-state index contributed by atoms with van der Waals surface area (Å²) in [7, 11) is -3.39. The van der Waals surface area contributed by atoms with Crippen LogP contribution in [0.25, 0.3) is 0 Å². The molecule has 0 bridgehead atoms. The number of amides is 3. The van der Waals surface area contributed by atoms with E-state index in [4.69, 9.17) is 0 Å². The molecule has 0 radical (unpaired) electrons. The highest BCUT2D eigenvalue weighted by Gasteiger charge is 2.31. The van der Waals surface area contributed by atoms with E-state index in [1.165, 1.54) is 23.1 Å². The van der Waals surface area contributed by atoms with Gasteiger partial charge in [0, 0.05) is 44.0 Å². The lowest BCUT2D eigenvalue weighted by atomic mass is 10.2. The first kappa shape index (κ1) is 18.4. The predicted molar refractivity (Wildman–Crippen MR) is 93.2 cm³/mol. The van der Waals surface area contributed by atoms with Gasteiger partial charge in [-0.25, -0.2) is 8.42 Å². The third-order valence-corrected chi connectivity index (χ3v) is 5.58. The first-order valence-corrected chi connectivity index (χ1v) is 10.3. The number of nitrogens with zero attached hydrogens (tertiary/aromatic N) is 2. The van der Waals surface area contributed by atoms with Gasteiger partial charge in [-0.15, -0.1) is 0 Å². The molecule has 0 aromatic heterocycles. The van der Waals surface area contributed by atoms with Crippen molar-refractivity contribution in [3.05, 3.63) is 29.8 Å². The Balaban J connectivity index is 1.60. The summed E-state index contributed by atoms with van der Waals surface area (Å²) in [6.45, 7) is 1.14. The van der Waals surface area contributed by atoms with Crippen molar-refractivity contribution in [3.63, 3.8) is 0 Å². The molecule has 1 aliphatic heterocycles. The lowest BCUT2D eigenvalue weighted by Gasteiger charge is -2.34. The third kappa shape index (κ3) is 4.21. The number of nitrogens with one attached hydrogen (secondary N) is 1. The fourth-order valence-corrected chi connectivity index (χ4v) is 3.44. The Bertz CT molecular complexity index is 840. The van der Waals surface area contributed by atoms with E-state index in [0.29, 0.717) is 18.7 Å². The number of hydrogen-bond acceptors (Lipinski definition) is 5. The second-order valence-corrected chi connectivity index (χ2v) is 8.65. The van der Waals surface area contributed by atoms with Gasteiger partial charge in [0.15, 0.2) is 9.84 Å². The average molecular weight is 379 g/mol. The van der Waals surface area contributed by atoms with Crippen LogP contribution in [0.5, 0.6) is 0 Å². The van der Waals surface area contributed by atoms with E-state index in [2.05, 4.69) is 5.32 Å². The highest BCUT2D eigenvalue weighted by molar-refractivity contribution is 7.90. The fourth-order valence-electron chi connectivity index (χ4n) is 2.77. The van der Waals surface area contributed by atoms with E-state index in [9.17, 15) is 22.8 Å². The van der Waals surface area contributed by atoms with E-state index in [1.807, 2.05) is 0 Å². The zero-order valence-electron chi connectivity index (χ0n) is 14.5. The Morgan fingerprint density at radius 2 is 1.65 bits per heavy atom. The molecule has 0 atom stereocenters. The molecule has 1 heterocycles. The van der Waals surface area contributed by atoms with Gasteiger partial charge in [0.1, 0.15) is 0 Å². The smallest absolute Gasteiger partial charge is 0.312 e. The minimum absolute atomic E-state index is 0.0916. The summed E-state index contributed by atoms with van der Waals surface area (Å²) in [4.78, 5) is 39.6. The van der Waals surface area contributed by atoms with Gasteiger partial charge < -0.3 is 15.1 Å². The van der Waals surface area contributed by atoms with E-state index in [-0.39, 0.29) is 29.9 Å². The highest BCUT2D eigenvalue weighted by Crippen LogP contribution is 2.19.